The van der Waals surface area contributed by atoms with Crippen molar-refractivity contribution < 1.29 is 4.79 Å². The van der Waals surface area contributed by atoms with Crippen molar-refractivity contribution in [2.75, 3.05) is 6.54 Å². The molecular weight excluding hydrogens is 224 g/mol. The molecule has 1 heterocycles. The first-order valence-electron chi connectivity index (χ1n) is 5.59. The van der Waals surface area contributed by atoms with Crippen molar-refractivity contribution in [2.45, 2.75) is 24.6 Å². The van der Waals surface area contributed by atoms with E-state index in [-0.39, 0.29) is 11.3 Å². The lowest BCUT2D eigenvalue weighted by molar-refractivity contribution is 0.0942. The number of hydrogen-bond acceptors (Lipinski definition) is 2. The lowest BCUT2D eigenvalue weighted by atomic mass is 10.1. The molecule has 0 spiro atoms. The molecule has 1 saturated carbocycles. The number of pyridine rings is 1. The molecule has 1 N–H and O–H groups in total. The minimum atomic E-state index is -0.0985. The van der Waals surface area contributed by atoms with Gasteiger partial charge in [-0.25, -0.2) is 0 Å². The lowest BCUT2D eigenvalue weighted by Gasteiger charge is -2.10. The second kappa shape index (κ2) is 5.30. The van der Waals surface area contributed by atoms with Crippen molar-refractivity contribution in [2.24, 2.45) is 5.92 Å². The molecule has 4 heteroatoms. The molecule has 1 amide bonds. The second-order valence-electron chi connectivity index (χ2n) is 4.20. The number of hydrogen-bond donors (Lipinski definition) is 1. The van der Waals surface area contributed by atoms with Crippen molar-refractivity contribution in [3.8, 4) is 0 Å². The van der Waals surface area contributed by atoms with Crippen molar-refractivity contribution in [3.63, 3.8) is 0 Å². The highest BCUT2D eigenvalue weighted by Crippen LogP contribution is 2.28. The Hall–Kier alpha value is -1.09. The molecule has 1 aliphatic carbocycles. The van der Waals surface area contributed by atoms with E-state index in [1.54, 1.807) is 18.3 Å². The zero-order chi connectivity index (χ0) is 11.4. The highest BCUT2D eigenvalue weighted by Gasteiger charge is 2.23. The summed E-state index contributed by atoms with van der Waals surface area (Å²) in [4.78, 5) is 15.7. The predicted molar refractivity (Wildman–Crippen MR) is 63.6 cm³/mol. The van der Waals surface area contributed by atoms with E-state index in [1.165, 1.54) is 0 Å². The molecule has 2 rings (SSSR count). The van der Waals surface area contributed by atoms with Crippen LogP contribution >= 0.6 is 11.6 Å². The lowest BCUT2D eigenvalue weighted by Crippen LogP contribution is -2.29. The highest BCUT2D eigenvalue weighted by atomic mass is 35.5. The number of carbonyl (C=O) groups excluding carboxylic acids is 1. The largest absolute Gasteiger partial charge is 0.350 e. The number of amides is 1. The first-order chi connectivity index (χ1) is 7.75. The van der Waals surface area contributed by atoms with E-state index in [0.717, 1.165) is 19.3 Å². The van der Waals surface area contributed by atoms with Crippen LogP contribution in [0.4, 0.5) is 0 Å². The average molecular weight is 239 g/mol. The van der Waals surface area contributed by atoms with Crippen LogP contribution in [0.25, 0.3) is 0 Å². The van der Waals surface area contributed by atoms with E-state index in [9.17, 15) is 4.79 Å². The summed E-state index contributed by atoms with van der Waals surface area (Å²) in [7, 11) is 0. The Balaban J connectivity index is 1.80. The van der Waals surface area contributed by atoms with Gasteiger partial charge in [-0.15, -0.1) is 11.6 Å². The maximum atomic E-state index is 11.7. The first-order valence-corrected chi connectivity index (χ1v) is 6.02. The van der Waals surface area contributed by atoms with Crippen LogP contribution < -0.4 is 5.32 Å². The molecule has 0 radical (unpaired) electrons. The van der Waals surface area contributed by atoms with Crippen LogP contribution in [0.3, 0.4) is 0 Å². The smallest absolute Gasteiger partial charge is 0.269 e. The molecule has 0 aromatic carbocycles. The molecular formula is C12H15ClN2O. The Morgan fingerprint density at radius 3 is 3.00 bits per heavy atom. The number of carbonyl (C=O) groups is 1. The maximum absolute atomic E-state index is 11.7. The van der Waals surface area contributed by atoms with Gasteiger partial charge in [0.2, 0.25) is 0 Å². The SMILES string of the molecule is O=C(NCC1CCC(Cl)C1)c1ccccn1. The number of nitrogens with one attached hydrogen (secondary N) is 1. The van der Waals surface area contributed by atoms with Gasteiger partial charge in [0.1, 0.15) is 5.69 Å². The van der Waals surface area contributed by atoms with Crippen LogP contribution in [-0.4, -0.2) is 22.8 Å². The molecule has 2 atom stereocenters. The van der Waals surface area contributed by atoms with Crippen LogP contribution in [0.1, 0.15) is 29.8 Å². The molecule has 3 nitrogen and oxygen atoms in total. The Bertz CT molecular complexity index is 355. The summed E-state index contributed by atoms with van der Waals surface area (Å²) < 4.78 is 0. The third-order valence-corrected chi connectivity index (χ3v) is 3.32. The van der Waals surface area contributed by atoms with Gasteiger partial charge in [-0.05, 0) is 37.3 Å². The highest BCUT2D eigenvalue weighted by molar-refractivity contribution is 6.20. The van der Waals surface area contributed by atoms with Gasteiger partial charge in [-0.3, -0.25) is 9.78 Å². The normalized spacial score (nSPS) is 24.3. The van der Waals surface area contributed by atoms with E-state index in [0.29, 0.717) is 18.2 Å². The molecule has 1 aliphatic rings. The Morgan fingerprint density at radius 1 is 1.50 bits per heavy atom. The standard InChI is InChI=1S/C12H15ClN2O/c13-10-5-4-9(7-10)8-15-12(16)11-3-1-2-6-14-11/h1-3,6,9-10H,4-5,7-8H2,(H,15,16). The molecule has 1 fully saturated rings. The van der Waals surface area contributed by atoms with E-state index in [1.807, 2.05) is 6.07 Å². The van der Waals surface area contributed by atoms with Gasteiger partial charge >= 0.3 is 0 Å². The number of halogens is 1. The molecule has 16 heavy (non-hydrogen) atoms. The Labute approximate surface area is 100 Å². The van der Waals surface area contributed by atoms with Crippen LogP contribution in [0.15, 0.2) is 24.4 Å². The fourth-order valence-corrected chi connectivity index (χ4v) is 2.40. The third-order valence-electron chi connectivity index (χ3n) is 2.93. The van der Waals surface area contributed by atoms with Gasteiger partial charge in [0.15, 0.2) is 0 Å². The first kappa shape index (κ1) is 11.4. The summed E-state index contributed by atoms with van der Waals surface area (Å²) in [6.45, 7) is 0.707. The zero-order valence-corrected chi connectivity index (χ0v) is 9.78. The third kappa shape index (κ3) is 2.95. The molecule has 0 bridgehead atoms. The molecule has 0 aliphatic heterocycles. The summed E-state index contributed by atoms with van der Waals surface area (Å²) in [6, 6.07) is 5.33. The quantitative estimate of drug-likeness (QED) is 0.821. The summed E-state index contributed by atoms with van der Waals surface area (Å²) in [5, 5.41) is 3.19. The van der Waals surface area contributed by atoms with Gasteiger partial charge in [0.25, 0.3) is 5.91 Å². The number of rotatable bonds is 3. The van der Waals surface area contributed by atoms with Crippen molar-refractivity contribution in [1.29, 1.82) is 0 Å². The van der Waals surface area contributed by atoms with Crippen molar-refractivity contribution >= 4 is 17.5 Å². The Kier molecular flexibility index (Phi) is 3.78. The second-order valence-corrected chi connectivity index (χ2v) is 4.82. The van der Waals surface area contributed by atoms with Crippen LogP contribution in [0, 0.1) is 5.92 Å². The minimum Gasteiger partial charge on any atom is -0.350 e. The van der Waals surface area contributed by atoms with E-state index < -0.39 is 0 Å². The summed E-state index contributed by atoms with van der Waals surface area (Å²) in [6.07, 6.45) is 4.80. The minimum absolute atomic E-state index is 0.0985. The topological polar surface area (TPSA) is 42.0 Å². The van der Waals surface area contributed by atoms with Crippen LogP contribution in [0.2, 0.25) is 0 Å². The molecule has 2 unspecified atom stereocenters. The average Bonchev–Trinajstić information content (AvgIpc) is 2.73. The summed E-state index contributed by atoms with van der Waals surface area (Å²) in [5.74, 6) is 0.425. The predicted octanol–water partition coefficient (Wildman–Crippen LogP) is 2.22. The van der Waals surface area contributed by atoms with E-state index in [2.05, 4.69) is 10.3 Å². The molecule has 1 aromatic rings. The van der Waals surface area contributed by atoms with Gasteiger partial charge in [0, 0.05) is 18.1 Å². The number of aromatic nitrogens is 1. The zero-order valence-electron chi connectivity index (χ0n) is 9.03. The fourth-order valence-electron chi connectivity index (χ4n) is 2.02. The molecule has 1 aromatic heterocycles. The van der Waals surface area contributed by atoms with Gasteiger partial charge in [0.05, 0.1) is 0 Å². The van der Waals surface area contributed by atoms with E-state index in [4.69, 9.17) is 11.6 Å². The number of alkyl halides is 1. The number of nitrogens with zero attached hydrogens (tertiary/aromatic N) is 1. The van der Waals surface area contributed by atoms with Gasteiger partial charge in [-0.1, -0.05) is 6.07 Å². The van der Waals surface area contributed by atoms with Crippen molar-refractivity contribution in [3.05, 3.63) is 30.1 Å². The maximum Gasteiger partial charge on any atom is 0.269 e. The fraction of sp³-hybridized carbons (Fsp3) is 0.500. The molecule has 86 valence electrons. The monoisotopic (exact) mass is 238 g/mol. The van der Waals surface area contributed by atoms with E-state index >= 15 is 0 Å². The van der Waals surface area contributed by atoms with Crippen LogP contribution in [-0.2, 0) is 0 Å². The van der Waals surface area contributed by atoms with Crippen LogP contribution in [0.5, 0.6) is 0 Å². The summed E-state index contributed by atoms with van der Waals surface area (Å²) in [5.41, 5.74) is 0.475. The Morgan fingerprint density at radius 2 is 2.38 bits per heavy atom. The van der Waals surface area contributed by atoms with Gasteiger partial charge < -0.3 is 5.32 Å². The molecule has 0 saturated heterocycles. The summed E-state index contributed by atoms with van der Waals surface area (Å²) >= 11 is 6.01. The van der Waals surface area contributed by atoms with Crippen molar-refractivity contribution in [1.82, 2.24) is 10.3 Å². The van der Waals surface area contributed by atoms with Gasteiger partial charge in [-0.2, -0.15) is 0 Å².